The summed E-state index contributed by atoms with van der Waals surface area (Å²) in [6.45, 7) is 0. The van der Waals surface area contributed by atoms with Gasteiger partial charge in [0.25, 0.3) is 5.69 Å². The third-order valence-corrected chi connectivity index (χ3v) is 3.72. The first-order valence-electron chi connectivity index (χ1n) is 5.47. The van der Waals surface area contributed by atoms with E-state index < -0.39 is 4.92 Å². The van der Waals surface area contributed by atoms with E-state index in [0.29, 0.717) is 17.4 Å². The summed E-state index contributed by atoms with van der Waals surface area (Å²) >= 11 is 15.1. The van der Waals surface area contributed by atoms with Crippen molar-refractivity contribution in [2.75, 3.05) is 0 Å². The van der Waals surface area contributed by atoms with Crippen molar-refractivity contribution < 1.29 is 9.66 Å². The van der Waals surface area contributed by atoms with Crippen molar-refractivity contribution in [3.05, 3.63) is 61.6 Å². The number of nitro benzene ring substituents is 1. The Bertz CT molecular complexity index is 664. The molecule has 0 N–H and O–H groups in total. The monoisotopic (exact) mass is 375 g/mol. The molecule has 0 aliphatic rings. The quantitative estimate of drug-likeness (QED) is 0.399. The lowest BCUT2D eigenvalue weighted by molar-refractivity contribution is -0.384. The summed E-state index contributed by atoms with van der Waals surface area (Å²) in [4.78, 5) is 10.1. The van der Waals surface area contributed by atoms with Crippen LogP contribution in [0.15, 0.2) is 40.9 Å². The van der Waals surface area contributed by atoms with E-state index in [9.17, 15) is 10.1 Å². The van der Waals surface area contributed by atoms with Gasteiger partial charge in [-0.15, -0.1) is 11.6 Å². The maximum Gasteiger partial charge on any atom is 0.271 e. The summed E-state index contributed by atoms with van der Waals surface area (Å²) in [5, 5.41) is 10.8. The fourth-order valence-electron chi connectivity index (χ4n) is 1.51. The number of halogens is 3. The highest BCUT2D eigenvalue weighted by molar-refractivity contribution is 9.10. The van der Waals surface area contributed by atoms with Gasteiger partial charge in [0, 0.05) is 18.0 Å². The normalized spacial score (nSPS) is 10.3. The minimum Gasteiger partial charge on any atom is -0.455 e. The summed E-state index contributed by atoms with van der Waals surface area (Å²) in [5.74, 6) is 1.29. The van der Waals surface area contributed by atoms with Gasteiger partial charge in [0.15, 0.2) is 0 Å². The molecule has 0 aromatic heterocycles. The Balaban J connectivity index is 2.28. The molecule has 2 aromatic carbocycles. The largest absolute Gasteiger partial charge is 0.455 e. The predicted molar refractivity (Wildman–Crippen MR) is 81.9 cm³/mol. The Morgan fingerprint density at radius 1 is 1.20 bits per heavy atom. The van der Waals surface area contributed by atoms with E-state index >= 15 is 0 Å². The highest BCUT2D eigenvalue weighted by Gasteiger charge is 2.12. The summed E-state index contributed by atoms with van der Waals surface area (Å²) in [7, 11) is 0. The number of alkyl halides is 1. The Labute approximate surface area is 133 Å². The van der Waals surface area contributed by atoms with Crippen LogP contribution in [0.4, 0.5) is 5.69 Å². The van der Waals surface area contributed by atoms with Crippen molar-refractivity contribution in [1.29, 1.82) is 0 Å². The van der Waals surface area contributed by atoms with Crippen LogP contribution in [0.5, 0.6) is 11.5 Å². The van der Waals surface area contributed by atoms with Crippen molar-refractivity contribution >= 4 is 44.8 Å². The molecule has 2 rings (SSSR count). The highest BCUT2D eigenvalue weighted by Crippen LogP contribution is 2.36. The van der Waals surface area contributed by atoms with Crippen LogP contribution in [-0.2, 0) is 5.88 Å². The molecule has 4 nitrogen and oxygen atoms in total. The lowest BCUT2D eigenvalue weighted by Gasteiger charge is -2.10. The third kappa shape index (κ3) is 3.42. The van der Waals surface area contributed by atoms with Crippen LogP contribution >= 0.6 is 39.1 Å². The molecule has 0 aliphatic carbocycles. The zero-order chi connectivity index (χ0) is 14.7. The number of nitro groups is 1. The Kier molecular flexibility index (Phi) is 4.86. The van der Waals surface area contributed by atoms with Gasteiger partial charge in [-0.25, -0.2) is 0 Å². The van der Waals surface area contributed by atoms with Crippen molar-refractivity contribution in [2.24, 2.45) is 0 Å². The second kappa shape index (κ2) is 6.43. The van der Waals surface area contributed by atoms with Crippen LogP contribution in [0.1, 0.15) is 5.56 Å². The topological polar surface area (TPSA) is 52.4 Å². The minimum absolute atomic E-state index is 0.0843. The van der Waals surface area contributed by atoms with E-state index in [1.165, 1.54) is 18.2 Å². The van der Waals surface area contributed by atoms with Crippen molar-refractivity contribution in [3.63, 3.8) is 0 Å². The molecule has 0 atom stereocenters. The molecule has 0 saturated carbocycles. The van der Waals surface area contributed by atoms with E-state index in [2.05, 4.69) is 15.9 Å². The lowest BCUT2D eigenvalue weighted by atomic mass is 10.2. The Morgan fingerprint density at radius 3 is 2.45 bits per heavy atom. The number of hydrogen-bond donors (Lipinski definition) is 0. The molecule has 0 unspecified atom stereocenters. The number of nitrogens with zero attached hydrogens (tertiary/aromatic N) is 1. The van der Waals surface area contributed by atoms with Gasteiger partial charge in [0.1, 0.15) is 11.5 Å². The van der Waals surface area contributed by atoms with Crippen LogP contribution < -0.4 is 4.74 Å². The molecule has 104 valence electrons. The van der Waals surface area contributed by atoms with Gasteiger partial charge in [-0.1, -0.05) is 17.7 Å². The zero-order valence-corrected chi connectivity index (χ0v) is 13.1. The fraction of sp³-hybridized carbons (Fsp3) is 0.0769. The number of ether oxygens (including phenoxy) is 1. The van der Waals surface area contributed by atoms with Crippen LogP contribution in [-0.4, -0.2) is 4.92 Å². The first-order valence-corrected chi connectivity index (χ1v) is 7.18. The van der Waals surface area contributed by atoms with Crippen molar-refractivity contribution in [1.82, 2.24) is 0 Å². The Hall–Kier alpha value is -1.30. The minimum atomic E-state index is -0.513. The van der Waals surface area contributed by atoms with Gasteiger partial charge in [0.05, 0.1) is 14.4 Å². The SMILES string of the molecule is O=[N+]([O-])c1ccc(Oc2ccc(CCl)cc2Br)c(Cl)c1. The average molecular weight is 377 g/mol. The molecule has 0 saturated heterocycles. The van der Waals surface area contributed by atoms with E-state index in [0.717, 1.165) is 10.0 Å². The van der Waals surface area contributed by atoms with Gasteiger partial charge in [-0.2, -0.15) is 0 Å². The first-order chi connectivity index (χ1) is 9.51. The molecular weight excluding hydrogens is 369 g/mol. The highest BCUT2D eigenvalue weighted by atomic mass is 79.9. The molecular formula is C13H8BrCl2NO3. The molecule has 20 heavy (non-hydrogen) atoms. The summed E-state index contributed by atoms with van der Waals surface area (Å²) in [6, 6.07) is 9.45. The zero-order valence-electron chi connectivity index (χ0n) is 9.98. The molecule has 2 aromatic rings. The van der Waals surface area contributed by atoms with Gasteiger partial charge in [0.2, 0.25) is 0 Å². The second-order valence-corrected chi connectivity index (χ2v) is 5.40. The van der Waals surface area contributed by atoms with E-state index in [1.807, 2.05) is 12.1 Å². The van der Waals surface area contributed by atoms with Crippen LogP contribution in [0.3, 0.4) is 0 Å². The lowest BCUT2D eigenvalue weighted by Crippen LogP contribution is -1.91. The summed E-state index contributed by atoms with van der Waals surface area (Å²) < 4.78 is 6.36. The molecule has 0 heterocycles. The van der Waals surface area contributed by atoms with Gasteiger partial charge >= 0.3 is 0 Å². The van der Waals surface area contributed by atoms with E-state index in [1.54, 1.807) is 6.07 Å². The van der Waals surface area contributed by atoms with Crippen molar-refractivity contribution in [2.45, 2.75) is 5.88 Å². The summed E-state index contributed by atoms with van der Waals surface area (Å²) in [5.41, 5.74) is 0.861. The van der Waals surface area contributed by atoms with Crippen molar-refractivity contribution in [3.8, 4) is 11.5 Å². The number of rotatable bonds is 4. The number of benzene rings is 2. The van der Waals surface area contributed by atoms with Gasteiger partial charge in [-0.3, -0.25) is 10.1 Å². The maximum absolute atomic E-state index is 10.6. The Morgan fingerprint density at radius 2 is 1.90 bits per heavy atom. The first kappa shape index (κ1) is 15.1. The summed E-state index contributed by atoms with van der Waals surface area (Å²) in [6.07, 6.45) is 0. The molecule has 0 radical (unpaired) electrons. The number of non-ortho nitro benzene ring substituents is 1. The molecule has 0 spiro atoms. The molecule has 0 fully saturated rings. The predicted octanol–water partition coefficient (Wildman–Crippen LogP) is 5.54. The van der Waals surface area contributed by atoms with Crippen LogP contribution in [0.25, 0.3) is 0 Å². The van der Waals surface area contributed by atoms with Gasteiger partial charge in [-0.05, 0) is 39.7 Å². The van der Waals surface area contributed by atoms with Crippen LogP contribution in [0.2, 0.25) is 5.02 Å². The molecule has 0 bridgehead atoms. The van der Waals surface area contributed by atoms with Crippen LogP contribution in [0, 0.1) is 10.1 Å². The van der Waals surface area contributed by atoms with E-state index in [4.69, 9.17) is 27.9 Å². The third-order valence-electron chi connectivity index (χ3n) is 2.50. The smallest absolute Gasteiger partial charge is 0.271 e. The number of hydrogen-bond acceptors (Lipinski definition) is 3. The van der Waals surface area contributed by atoms with E-state index in [-0.39, 0.29) is 10.7 Å². The molecule has 0 amide bonds. The average Bonchev–Trinajstić information content (AvgIpc) is 2.42. The van der Waals surface area contributed by atoms with Gasteiger partial charge < -0.3 is 4.74 Å². The molecule has 7 heteroatoms. The molecule has 0 aliphatic heterocycles. The maximum atomic E-state index is 10.6. The standard InChI is InChI=1S/C13H8BrCl2NO3/c14-10-5-8(7-15)1-3-12(10)20-13-4-2-9(17(18)19)6-11(13)16/h1-6H,7H2. The second-order valence-electron chi connectivity index (χ2n) is 3.87. The fourth-order valence-corrected chi connectivity index (χ4v) is 2.40.